The summed E-state index contributed by atoms with van der Waals surface area (Å²) in [5, 5.41) is 2.90. The van der Waals surface area contributed by atoms with Crippen molar-refractivity contribution in [3.63, 3.8) is 0 Å². The molecule has 0 spiro atoms. The van der Waals surface area contributed by atoms with Gasteiger partial charge in [0.25, 0.3) is 0 Å². The molecule has 1 amide bonds. The molecule has 0 aliphatic carbocycles. The van der Waals surface area contributed by atoms with Crippen LogP contribution in [0.4, 0.5) is 11.4 Å². The average Bonchev–Trinajstić information content (AvgIpc) is 2.45. The van der Waals surface area contributed by atoms with Crippen molar-refractivity contribution in [2.45, 2.75) is 19.4 Å². The minimum Gasteiger partial charge on any atom is -0.396 e. The van der Waals surface area contributed by atoms with E-state index < -0.39 is 0 Å². The summed E-state index contributed by atoms with van der Waals surface area (Å²) >= 11 is 0. The molecule has 2 rings (SSSR count). The Morgan fingerprint density at radius 2 is 2.53 bits per heavy atom. The molecule has 2 heterocycles. The molecule has 1 aromatic heterocycles. The Morgan fingerprint density at radius 3 is 3.26 bits per heavy atom. The number of pyridine rings is 1. The molecule has 0 saturated carbocycles. The summed E-state index contributed by atoms with van der Waals surface area (Å²) in [7, 11) is 0. The largest absolute Gasteiger partial charge is 0.396 e. The van der Waals surface area contributed by atoms with Crippen LogP contribution in [0.1, 0.15) is 13.3 Å². The standard InChI is InChI=1S/C13H20N4O2/c1-2-4-16-13(18)12-9-19-7-6-17(12)11-3-5-15-8-10(11)14/h3,5,8,12H,2,4,6-7,9,14H2,1H3,(H,16,18). The van der Waals surface area contributed by atoms with Gasteiger partial charge in [-0.05, 0) is 12.5 Å². The molecule has 0 aromatic carbocycles. The van der Waals surface area contributed by atoms with E-state index in [1.165, 1.54) is 0 Å². The van der Waals surface area contributed by atoms with Crippen molar-refractivity contribution < 1.29 is 9.53 Å². The number of anilines is 2. The zero-order valence-corrected chi connectivity index (χ0v) is 11.1. The lowest BCUT2D eigenvalue weighted by Gasteiger charge is -2.36. The van der Waals surface area contributed by atoms with Gasteiger partial charge in [-0.15, -0.1) is 0 Å². The summed E-state index contributed by atoms with van der Waals surface area (Å²) < 4.78 is 5.42. The first-order valence-corrected chi connectivity index (χ1v) is 6.55. The van der Waals surface area contributed by atoms with Crippen molar-refractivity contribution in [2.75, 3.05) is 36.9 Å². The number of rotatable bonds is 4. The molecular weight excluding hydrogens is 244 g/mol. The highest BCUT2D eigenvalue weighted by Gasteiger charge is 2.30. The highest BCUT2D eigenvalue weighted by molar-refractivity contribution is 5.87. The predicted molar refractivity (Wildman–Crippen MR) is 73.9 cm³/mol. The number of nitrogens with zero attached hydrogens (tertiary/aromatic N) is 2. The Labute approximate surface area is 112 Å². The number of amides is 1. The molecule has 104 valence electrons. The van der Waals surface area contributed by atoms with E-state index in [4.69, 9.17) is 10.5 Å². The van der Waals surface area contributed by atoms with Gasteiger partial charge in [0.2, 0.25) is 5.91 Å². The second kappa shape index (κ2) is 6.38. The summed E-state index contributed by atoms with van der Waals surface area (Å²) in [5.74, 6) is -0.0160. The van der Waals surface area contributed by atoms with E-state index in [1.807, 2.05) is 17.9 Å². The van der Waals surface area contributed by atoms with Crippen molar-refractivity contribution in [2.24, 2.45) is 0 Å². The fraction of sp³-hybridized carbons (Fsp3) is 0.538. The number of nitrogens with two attached hydrogens (primary N) is 1. The average molecular weight is 264 g/mol. The van der Waals surface area contributed by atoms with Crippen LogP contribution in [0.25, 0.3) is 0 Å². The van der Waals surface area contributed by atoms with Crippen molar-refractivity contribution >= 4 is 17.3 Å². The number of morpholine rings is 1. The van der Waals surface area contributed by atoms with Crippen molar-refractivity contribution in [1.82, 2.24) is 10.3 Å². The van der Waals surface area contributed by atoms with Gasteiger partial charge in [-0.3, -0.25) is 9.78 Å². The molecule has 3 N–H and O–H groups in total. The lowest BCUT2D eigenvalue weighted by molar-refractivity contribution is -0.124. The van der Waals surface area contributed by atoms with Gasteiger partial charge < -0.3 is 20.7 Å². The summed E-state index contributed by atoms with van der Waals surface area (Å²) in [6, 6.07) is 1.51. The molecule has 0 bridgehead atoms. The Bertz CT molecular complexity index is 438. The number of nitrogen functional groups attached to an aromatic ring is 1. The molecule has 1 atom stereocenters. The van der Waals surface area contributed by atoms with Gasteiger partial charge >= 0.3 is 0 Å². The predicted octanol–water partition coefficient (Wildman–Crippen LogP) is 0.395. The summed E-state index contributed by atoms with van der Waals surface area (Å²) in [4.78, 5) is 18.1. The van der Waals surface area contributed by atoms with E-state index in [2.05, 4.69) is 10.3 Å². The third-order valence-electron chi connectivity index (χ3n) is 3.12. The highest BCUT2D eigenvalue weighted by Crippen LogP contribution is 2.25. The molecule has 1 saturated heterocycles. The van der Waals surface area contributed by atoms with E-state index in [0.717, 1.165) is 12.1 Å². The number of hydrogen-bond acceptors (Lipinski definition) is 5. The van der Waals surface area contributed by atoms with E-state index in [9.17, 15) is 4.79 Å². The van der Waals surface area contributed by atoms with Gasteiger partial charge in [0.1, 0.15) is 6.04 Å². The zero-order chi connectivity index (χ0) is 13.7. The second-order valence-electron chi connectivity index (χ2n) is 4.51. The Morgan fingerprint density at radius 1 is 1.68 bits per heavy atom. The van der Waals surface area contributed by atoms with Gasteiger partial charge in [-0.2, -0.15) is 0 Å². The SMILES string of the molecule is CCCNC(=O)C1COCCN1c1ccncc1N. The first kappa shape index (κ1) is 13.6. The fourth-order valence-corrected chi connectivity index (χ4v) is 2.14. The molecular formula is C13H20N4O2. The molecule has 1 fully saturated rings. The lowest BCUT2D eigenvalue weighted by Crippen LogP contribution is -2.54. The van der Waals surface area contributed by atoms with Crippen molar-refractivity contribution in [1.29, 1.82) is 0 Å². The van der Waals surface area contributed by atoms with E-state index in [1.54, 1.807) is 12.4 Å². The number of nitrogens with one attached hydrogen (secondary N) is 1. The number of aromatic nitrogens is 1. The van der Waals surface area contributed by atoms with E-state index in [0.29, 0.717) is 32.0 Å². The minimum absolute atomic E-state index is 0.0160. The Kier molecular flexibility index (Phi) is 4.57. The number of ether oxygens (including phenoxy) is 1. The van der Waals surface area contributed by atoms with Gasteiger partial charge in [0.15, 0.2) is 0 Å². The third kappa shape index (κ3) is 3.14. The summed E-state index contributed by atoms with van der Waals surface area (Å²) in [6.45, 7) is 4.33. The number of carbonyl (C=O) groups excluding carboxylic acids is 1. The monoisotopic (exact) mass is 264 g/mol. The van der Waals surface area contributed by atoms with Crippen LogP contribution in [0.3, 0.4) is 0 Å². The molecule has 1 aromatic rings. The summed E-state index contributed by atoms with van der Waals surface area (Å²) in [6.07, 6.45) is 4.20. The van der Waals surface area contributed by atoms with Gasteiger partial charge in [-0.25, -0.2) is 0 Å². The zero-order valence-electron chi connectivity index (χ0n) is 11.1. The first-order chi connectivity index (χ1) is 9.24. The maximum Gasteiger partial charge on any atom is 0.245 e. The lowest BCUT2D eigenvalue weighted by atomic mass is 10.1. The molecule has 6 heteroatoms. The maximum absolute atomic E-state index is 12.2. The van der Waals surface area contributed by atoms with Crippen LogP contribution in [0, 0.1) is 0 Å². The maximum atomic E-state index is 12.2. The molecule has 1 unspecified atom stereocenters. The highest BCUT2D eigenvalue weighted by atomic mass is 16.5. The van der Waals surface area contributed by atoms with Gasteiger partial charge in [0, 0.05) is 19.3 Å². The van der Waals surface area contributed by atoms with Crippen LogP contribution in [0.15, 0.2) is 18.5 Å². The minimum atomic E-state index is -0.329. The van der Waals surface area contributed by atoms with Crippen LogP contribution in [0.5, 0.6) is 0 Å². The van der Waals surface area contributed by atoms with Crippen LogP contribution in [-0.4, -0.2) is 43.2 Å². The Hall–Kier alpha value is -1.82. The second-order valence-corrected chi connectivity index (χ2v) is 4.51. The molecule has 1 aliphatic rings. The van der Waals surface area contributed by atoms with Crippen LogP contribution in [-0.2, 0) is 9.53 Å². The van der Waals surface area contributed by atoms with Gasteiger partial charge in [0.05, 0.1) is 30.8 Å². The van der Waals surface area contributed by atoms with E-state index in [-0.39, 0.29) is 11.9 Å². The summed E-state index contributed by atoms with van der Waals surface area (Å²) in [5.41, 5.74) is 7.36. The van der Waals surface area contributed by atoms with Crippen LogP contribution < -0.4 is 16.0 Å². The molecule has 0 radical (unpaired) electrons. The quantitative estimate of drug-likeness (QED) is 0.822. The first-order valence-electron chi connectivity index (χ1n) is 6.55. The fourth-order valence-electron chi connectivity index (χ4n) is 2.14. The van der Waals surface area contributed by atoms with Crippen LogP contribution >= 0.6 is 0 Å². The topological polar surface area (TPSA) is 80.5 Å². The smallest absolute Gasteiger partial charge is 0.245 e. The third-order valence-corrected chi connectivity index (χ3v) is 3.12. The normalized spacial score (nSPS) is 19.2. The van der Waals surface area contributed by atoms with Crippen molar-refractivity contribution in [3.05, 3.63) is 18.5 Å². The Balaban J connectivity index is 2.16. The molecule has 6 nitrogen and oxygen atoms in total. The molecule has 19 heavy (non-hydrogen) atoms. The molecule has 1 aliphatic heterocycles. The van der Waals surface area contributed by atoms with Crippen LogP contribution in [0.2, 0.25) is 0 Å². The van der Waals surface area contributed by atoms with E-state index >= 15 is 0 Å². The van der Waals surface area contributed by atoms with Gasteiger partial charge in [-0.1, -0.05) is 6.92 Å². The number of carbonyl (C=O) groups is 1. The number of hydrogen-bond donors (Lipinski definition) is 2. The van der Waals surface area contributed by atoms with Crippen molar-refractivity contribution in [3.8, 4) is 0 Å².